The first kappa shape index (κ1) is 22.0. The van der Waals surface area contributed by atoms with Crippen molar-refractivity contribution in [3.63, 3.8) is 0 Å². The Balaban J connectivity index is 1.37. The number of nitrogens with one attached hydrogen (secondary N) is 2. The van der Waals surface area contributed by atoms with E-state index in [2.05, 4.69) is 31.6 Å². The Labute approximate surface area is 197 Å². The number of nitriles is 1. The van der Waals surface area contributed by atoms with E-state index < -0.39 is 5.60 Å². The van der Waals surface area contributed by atoms with E-state index in [1.807, 2.05) is 18.2 Å². The van der Waals surface area contributed by atoms with Crippen LogP contribution < -0.4 is 10.6 Å². The maximum Gasteiger partial charge on any atom is 0.188 e. The molecule has 8 nitrogen and oxygen atoms in total. The van der Waals surface area contributed by atoms with Crippen LogP contribution in [-0.4, -0.2) is 49.6 Å². The van der Waals surface area contributed by atoms with Gasteiger partial charge in [0, 0.05) is 54.9 Å². The molecule has 0 aromatic carbocycles. The van der Waals surface area contributed by atoms with E-state index in [1.165, 1.54) is 24.2 Å². The molecule has 2 fully saturated rings. The van der Waals surface area contributed by atoms with Crippen LogP contribution in [0, 0.1) is 11.3 Å². The van der Waals surface area contributed by atoms with E-state index in [0.29, 0.717) is 35.5 Å². The molecule has 2 aliphatic heterocycles. The van der Waals surface area contributed by atoms with Crippen molar-refractivity contribution in [3.05, 3.63) is 35.5 Å². The molecule has 5 heterocycles. The smallest absolute Gasteiger partial charge is 0.188 e. The Bertz CT molecular complexity index is 1170. The summed E-state index contributed by atoms with van der Waals surface area (Å²) < 4.78 is 0. The average Bonchev–Trinajstić information content (AvgIpc) is 3.34. The number of rotatable bonds is 7. The lowest BCUT2D eigenvalue weighted by atomic mass is 9.97. The van der Waals surface area contributed by atoms with Gasteiger partial charge in [-0.25, -0.2) is 9.97 Å². The highest BCUT2D eigenvalue weighted by Gasteiger charge is 2.40. The summed E-state index contributed by atoms with van der Waals surface area (Å²) in [6.07, 6.45) is 8.62. The third-order valence-corrected chi connectivity index (χ3v) is 7.88. The van der Waals surface area contributed by atoms with E-state index >= 15 is 0 Å². The quantitative estimate of drug-likeness (QED) is 0.474. The Kier molecular flexibility index (Phi) is 5.91. The van der Waals surface area contributed by atoms with Crippen LogP contribution in [-0.2, 0) is 5.60 Å². The molecule has 5 rings (SSSR count). The third-order valence-electron chi connectivity index (χ3n) is 6.65. The Hall–Kier alpha value is -2.80. The van der Waals surface area contributed by atoms with Crippen LogP contribution in [0.2, 0.25) is 0 Å². The van der Waals surface area contributed by atoms with Gasteiger partial charge in [0.1, 0.15) is 11.6 Å². The van der Waals surface area contributed by atoms with Crippen LogP contribution in [0.3, 0.4) is 0 Å². The lowest BCUT2D eigenvalue weighted by molar-refractivity contribution is 0.0823. The fraction of sp³-hybridized carbons (Fsp3) is 0.500. The summed E-state index contributed by atoms with van der Waals surface area (Å²) in [7, 11) is 0. The van der Waals surface area contributed by atoms with Gasteiger partial charge in [0.25, 0.3) is 0 Å². The minimum atomic E-state index is -0.926. The minimum absolute atomic E-state index is 0.341. The molecule has 3 N–H and O–H groups in total. The molecule has 0 amide bonds. The zero-order valence-electron chi connectivity index (χ0n) is 19.0. The molecule has 2 saturated heterocycles. The van der Waals surface area contributed by atoms with Crippen molar-refractivity contribution in [2.45, 2.75) is 69.7 Å². The second kappa shape index (κ2) is 8.86. The van der Waals surface area contributed by atoms with Crippen LogP contribution in [0.4, 0.5) is 16.8 Å². The molecule has 0 aliphatic carbocycles. The van der Waals surface area contributed by atoms with Crippen LogP contribution in [0.5, 0.6) is 0 Å². The molecule has 2 bridgehead atoms. The third kappa shape index (κ3) is 4.64. The molecular weight excluding hydrogens is 434 g/mol. The summed E-state index contributed by atoms with van der Waals surface area (Å²) in [5.74, 6) is 1.51. The summed E-state index contributed by atoms with van der Waals surface area (Å²) in [5.41, 5.74) is -0.0596. The molecule has 2 atom stereocenters. The van der Waals surface area contributed by atoms with Crippen molar-refractivity contribution in [2.75, 3.05) is 17.2 Å². The Morgan fingerprint density at radius 2 is 2.06 bits per heavy atom. The van der Waals surface area contributed by atoms with E-state index in [9.17, 15) is 5.11 Å². The maximum atomic E-state index is 10.2. The van der Waals surface area contributed by atoms with Gasteiger partial charge in [-0.1, -0.05) is 11.3 Å². The number of fused-ring (bicyclic) bond motifs is 3. The van der Waals surface area contributed by atoms with Crippen molar-refractivity contribution in [3.8, 4) is 6.07 Å². The lowest BCUT2D eigenvalue weighted by Crippen LogP contribution is -2.47. The first-order valence-corrected chi connectivity index (χ1v) is 12.3. The normalized spacial score (nSPS) is 22.9. The highest BCUT2D eigenvalue weighted by molar-refractivity contribution is 7.15. The summed E-state index contributed by atoms with van der Waals surface area (Å²) in [4.78, 5) is 17.2. The molecule has 2 aliphatic rings. The number of piperidine rings is 1. The van der Waals surface area contributed by atoms with Gasteiger partial charge in [-0.2, -0.15) is 5.26 Å². The fourth-order valence-corrected chi connectivity index (χ4v) is 5.93. The standard InChI is InChI=1S/C24H29N7OS/c1-24(2,32)20-14-27-23(33-20)30-21-13-19-18(5-3-9-26-19)22(29-21)28-15-11-16-6-7-17(12-15)31(16)10-4-8-25/h3,5,9,13-17,32H,4,6-7,10-12H2,1-2H3,(H2,27,28,29,30). The zero-order chi connectivity index (χ0) is 23.0. The number of pyridine rings is 2. The van der Waals surface area contributed by atoms with E-state index in [1.54, 1.807) is 26.2 Å². The predicted molar refractivity (Wildman–Crippen MR) is 131 cm³/mol. The average molecular weight is 464 g/mol. The second-order valence-electron chi connectivity index (χ2n) is 9.48. The molecule has 2 unspecified atom stereocenters. The van der Waals surface area contributed by atoms with Gasteiger partial charge >= 0.3 is 0 Å². The van der Waals surface area contributed by atoms with Crippen molar-refractivity contribution in [2.24, 2.45) is 0 Å². The van der Waals surface area contributed by atoms with Crippen molar-refractivity contribution >= 4 is 39.0 Å². The van der Waals surface area contributed by atoms with Gasteiger partial charge in [-0.05, 0) is 51.7 Å². The highest BCUT2D eigenvalue weighted by Crippen LogP contribution is 2.38. The topological polar surface area (TPSA) is 110 Å². The molecule has 0 spiro atoms. The Morgan fingerprint density at radius 3 is 2.76 bits per heavy atom. The van der Waals surface area contributed by atoms with E-state index in [4.69, 9.17) is 10.2 Å². The van der Waals surface area contributed by atoms with Gasteiger partial charge in [0.05, 0.1) is 22.1 Å². The molecule has 3 aromatic rings. The minimum Gasteiger partial charge on any atom is -0.385 e. The molecular formula is C24H29N7OS. The Morgan fingerprint density at radius 1 is 1.27 bits per heavy atom. The predicted octanol–water partition coefficient (Wildman–Crippen LogP) is 4.38. The molecule has 0 radical (unpaired) electrons. The number of nitrogens with zero attached hydrogens (tertiary/aromatic N) is 5. The zero-order valence-corrected chi connectivity index (χ0v) is 19.8. The van der Waals surface area contributed by atoms with Crippen molar-refractivity contribution < 1.29 is 5.11 Å². The summed E-state index contributed by atoms with van der Waals surface area (Å²) in [6.45, 7) is 4.38. The number of hydrogen-bond acceptors (Lipinski definition) is 9. The van der Waals surface area contributed by atoms with Crippen molar-refractivity contribution in [1.29, 1.82) is 5.26 Å². The van der Waals surface area contributed by atoms with Crippen LogP contribution in [0.15, 0.2) is 30.6 Å². The number of aliphatic hydroxyl groups is 1. The number of aromatic nitrogens is 3. The SMILES string of the molecule is CC(C)(O)c1cnc(Nc2cc3ncccc3c(NC3CC4CCC(C3)N4CCC#N)n2)s1. The molecule has 172 valence electrons. The van der Waals surface area contributed by atoms with Gasteiger partial charge in [-0.3, -0.25) is 9.88 Å². The van der Waals surface area contributed by atoms with E-state index in [0.717, 1.165) is 41.0 Å². The van der Waals surface area contributed by atoms with Crippen LogP contribution >= 0.6 is 11.3 Å². The van der Waals surface area contributed by atoms with Gasteiger partial charge in [0.15, 0.2) is 5.13 Å². The van der Waals surface area contributed by atoms with Crippen molar-refractivity contribution in [1.82, 2.24) is 19.9 Å². The summed E-state index contributed by atoms with van der Waals surface area (Å²) >= 11 is 1.42. The number of thiazole rings is 1. The van der Waals surface area contributed by atoms with Gasteiger partial charge in [0.2, 0.25) is 0 Å². The fourth-order valence-electron chi connectivity index (χ4n) is 5.10. The highest BCUT2D eigenvalue weighted by atomic mass is 32.1. The second-order valence-corrected chi connectivity index (χ2v) is 10.5. The summed E-state index contributed by atoms with van der Waals surface area (Å²) in [5, 5.41) is 27.9. The summed E-state index contributed by atoms with van der Waals surface area (Å²) in [6, 6.07) is 9.63. The van der Waals surface area contributed by atoms with E-state index in [-0.39, 0.29) is 0 Å². The molecule has 0 saturated carbocycles. The molecule has 9 heteroatoms. The first-order chi connectivity index (χ1) is 15.9. The van der Waals surface area contributed by atoms with Crippen LogP contribution in [0.25, 0.3) is 10.9 Å². The first-order valence-electron chi connectivity index (χ1n) is 11.5. The largest absolute Gasteiger partial charge is 0.385 e. The van der Waals surface area contributed by atoms with Gasteiger partial charge < -0.3 is 15.7 Å². The van der Waals surface area contributed by atoms with Crippen LogP contribution in [0.1, 0.15) is 50.8 Å². The monoisotopic (exact) mass is 463 g/mol. The molecule has 33 heavy (non-hydrogen) atoms. The maximum absolute atomic E-state index is 10.2. The number of hydrogen-bond donors (Lipinski definition) is 3. The van der Waals surface area contributed by atoms with Gasteiger partial charge in [-0.15, -0.1) is 0 Å². The lowest BCUT2D eigenvalue weighted by Gasteiger charge is -2.39. The number of anilines is 3. The molecule has 3 aromatic heterocycles.